The smallest absolute Gasteiger partial charge is 0.404 e. The van der Waals surface area contributed by atoms with Gasteiger partial charge in [-0.2, -0.15) is 0 Å². The molecule has 0 bridgehead atoms. The van der Waals surface area contributed by atoms with Gasteiger partial charge in [0.25, 0.3) is 0 Å². The van der Waals surface area contributed by atoms with Gasteiger partial charge in [0.1, 0.15) is 6.61 Å². The summed E-state index contributed by atoms with van der Waals surface area (Å²) >= 11 is 4.97. The van der Waals surface area contributed by atoms with Crippen LogP contribution >= 0.6 is 11.6 Å². The van der Waals surface area contributed by atoms with E-state index in [1.165, 1.54) is 0 Å². The fraction of sp³-hybridized carbons (Fsp3) is 0.533. The van der Waals surface area contributed by atoms with E-state index in [2.05, 4.69) is 20.1 Å². The summed E-state index contributed by atoms with van der Waals surface area (Å²) < 4.78 is 4.55. The van der Waals surface area contributed by atoms with Crippen LogP contribution in [0.1, 0.15) is 18.4 Å². The Morgan fingerprint density at radius 1 is 1.43 bits per heavy atom. The Labute approximate surface area is 140 Å². The third kappa shape index (κ3) is 9.05. The van der Waals surface area contributed by atoms with Crippen LogP contribution < -0.4 is 5.32 Å². The van der Waals surface area contributed by atoms with Crippen molar-refractivity contribution in [1.29, 1.82) is 0 Å². The summed E-state index contributed by atoms with van der Waals surface area (Å²) in [5.74, 6) is 0.303. The molecule has 7 nitrogen and oxygen atoms in total. The highest BCUT2D eigenvalue weighted by atomic mass is 35.5. The van der Waals surface area contributed by atoms with Crippen LogP contribution in [-0.2, 0) is 11.3 Å². The van der Waals surface area contributed by atoms with Crippen LogP contribution in [0.15, 0.2) is 35.4 Å². The second-order valence-electron chi connectivity index (χ2n) is 5.08. The zero-order valence-corrected chi connectivity index (χ0v) is 13.5. The molecular formula is C15H21ClN4O3. The number of aliphatic hydroxyl groups excluding tert-OH is 1. The Morgan fingerprint density at radius 2 is 2.09 bits per heavy atom. The maximum Gasteiger partial charge on any atom is 0.404 e. The molecule has 8 heteroatoms. The Morgan fingerprint density at radius 3 is 2.65 bits per heavy atom. The number of nitrogens with zero attached hydrogens (tertiary/aromatic N) is 3. The fourth-order valence-corrected chi connectivity index (χ4v) is 2.27. The van der Waals surface area contributed by atoms with Crippen LogP contribution in [0.5, 0.6) is 0 Å². The molecule has 0 radical (unpaired) electrons. The summed E-state index contributed by atoms with van der Waals surface area (Å²) in [4.78, 5) is 12.8. The number of halogens is 1. The number of piperidine rings is 1. The van der Waals surface area contributed by atoms with Crippen molar-refractivity contribution < 1.29 is 14.6 Å². The van der Waals surface area contributed by atoms with Crippen LogP contribution in [0.4, 0.5) is 4.79 Å². The van der Waals surface area contributed by atoms with Crippen LogP contribution in [0.2, 0.25) is 0 Å². The first-order valence-corrected chi connectivity index (χ1v) is 7.77. The summed E-state index contributed by atoms with van der Waals surface area (Å²) in [6, 6.07) is 9.36. The molecular weight excluding hydrogens is 320 g/mol. The van der Waals surface area contributed by atoms with E-state index < -0.39 is 11.5 Å². The molecule has 0 saturated carbocycles. The van der Waals surface area contributed by atoms with Gasteiger partial charge in [0.15, 0.2) is 0 Å². The van der Waals surface area contributed by atoms with Crippen molar-refractivity contribution in [2.24, 2.45) is 11.0 Å². The largest absolute Gasteiger partial charge is 0.449 e. The number of carbonyl (C=O) groups excluding carboxylic acids is 1. The van der Waals surface area contributed by atoms with E-state index >= 15 is 0 Å². The summed E-state index contributed by atoms with van der Waals surface area (Å²) in [5, 5.41) is 16.1. The molecule has 1 aromatic rings. The molecule has 0 aliphatic carbocycles. The zero-order chi connectivity index (χ0) is 16.9. The third-order valence-electron chi connectivity index (χ3n) is 3.46. The number of azide groups is 1. The van der Waals surface area contributed by atoms with Gasteiger partial charge in [-0.15, -0.1) is 0 Å². The summed E-state index contributed by atoms with van der Waals surface area (Å²) in [5.41, 5.74) is 8.21. The first-order chi connectivity index (χ1) is 11.1. The molecule has 126 valence electrons. The molecule has 1 unspecified atom stereocenters. The van der Waals surface area contributed by atoms with E-state index in [1.807, 2.05) is 30.3 Å². The van der Waals surface area contributed by atoms with Gasteiger partial charge in [-0.1, -0.05) is 35.4 Å². The number of hydrogen-bond donors (Lipinski definition) is 2. The second kappa shape index (κ2) is 11.7. The lowest BCUT2D eigenvalue weighted by atomic mass is 9.92. The predicted octanol–water partition coefficient (Wildman–Crippen LogP) is 3.22. The average Bonchev–Trinajstić information content (AvgIpc) is 2.60. The minimum atomic E-state index is -0.770. The number of hydrogen-bond acceptors (Lipinski definition) is 5. The highest BCUT2D eigenvalue weighted by molar-refractivity contribution is 6.61. The molecule has 1 aromatic carbocycles. The van der Waals surface area contributed by atoms with E-state index in [-0.39, 0.29) is 13.2 Å². The van der Waals surface area contributed by atoms with Gasteiger partial charge in [-0.3, -0.25) is 0 Å². The minimum absolute atomic E-state index is 0.209. The number of aliphatic hydroxyl groups is 1. The number of benzene rings is 1. The predicted molar refractivity (Wildman–Crippen MR) is 88.1 cm³/mol. The van der Waals surface area contributed by atoms with E-state index in [1.54, 1.807) is 0 Å². The fourth-order valence-electron chi connectivity index (χ4n) is 2.21. The van der Waals surface area contributed by atoms with E-state index in [0.717, 1.165) is 31.5 Å². The molecule has 1 fully saturated rings. The van der Waals surface area contributed by atoms with Crippen molar-refractivity contribution in [1.82, 2.24) is 5.32 Å². The van der Waals surface area contributed by atoms with E-state index in [4.69, 9.17) is 17.1 Å². The molecule has 1 aliphatic rings. The molecule has 0 amide bonds. The summed E-state index contributed by atoms with van der Waals surface area (Å²) in [7, 11) is 0. The molecule has 2 N–H and O–H groups in total. The Hall–Kier alpha value is -1.79. The van der Waals surface area contributed by atoms with Crippen molar-refractivity contribution >= 4 is 17.0 Å². The SMILES string of the molecule is O=C(Cl)OCc1ccccc1.[N-]=[N+]=NCC(O)C1CCNCC1. The molecule has 1 atom stereocenters. The van der Waals surface area contributed by atoms with Crippen molar-refractivity contribution in [2.45, 2.75) is 25.6 Å². The topological polar surface area (TPSA) is 107 Å². The van der Waals surface area contributed by atoms with Gasteiger partial charge >= 0.3 is 5.43 Å². The lowest BCUT2D eigenvalue weighted by Crippen LogP contribution is -2.35. The quantitative estimate of drug-likeness (QED) is 0.371. The first-order valence-electron chi connectivity index (χ1n) is 7.39. The van der Waals surface area contributed by atoms with Gasteiger partial charge in [0.05, 0.1) is 12.6 Å². The molecule has 0 spiro atoms. The highest BCUT2D eigenvalue weighted by Crippen LogP contribution is 2.16. The molecule has 23 heavy (non-hydrogen) atoms. The molecule has 0 aromatic heterocycles. The van der Waals surface area contributed by atoms with Crippen LogP contribution in [-0.4, -0.2) is 36.3 Å². The first kappa shape index (κ1) is 19.3. The van der Waals surface area contributed by atoms with E-state index in [0.29, 0.717) is 5.92 Å². The number of carbonyl (C=O) groups is 1. The standard InChI is InChI=1S/C8H7ClO2.C7H14N4O/c9-8(10)11-6-7-4-2-1-3-5-7;8-11-10-5-7(12)6-1-3-9-4-2-6/h1-5H,6H2;6-7,9,12H,1-5H2. The zero-order valence-electron chi connectivity index (χ0n) is 12.8. The summed E-state index contributed by atoms with van der Waals surface area (Å²) in [6.45, 7) is 2.36. The van der Waals surface area contributed by atoms with E-state index in [9.17, 15) is 9.90 Å². The van der Waals surface area contributed by atoms with Crippen molar-refractivity contribution in [3.8, 4) is 0 Å². The monoisotopic (exact) mass is 340 g/mol. The van der Waals surface area contributed by atoms with Crippen molar-refractivity contribution in [3.63, 3.8) is 0 Å². The summed E-state index contributed by atoms with van der Waals surface area (Å²) in [6.07, 6.45) is 1.49. The third-order valence-corrected chi connectivity index (χ3v) is 3.56. The Balaban J connectivity index is 0.000000231. The molecule has 1 saturated heterocycles. The maximum absolute atomic E-state index is 10.2. The lowest BCUT2D eigenvalue weighted by molar-refractivity contribution is 0.0962. The van der Waals surface area contributed by atoms with Crippen LogP contribution in [0.25, 0.3) is 10.4 Å². The van der Waals surface area contributed by atoms with Gasteiger partial charge in [-0.05, 0) is 42.9 Å². The number of rotatable bonds is 5. The van der Waals surface area contributed by atoms with Crippen molar-refractivity contribution in [3.05, 3.63) is 46.3 Å². The second-order valence-corrected chi connectivity index (χ2v) is 5.39. The molecule has 2 rings (SSSR count). The normalized spacial score (nSPS) is 15.6. The maximum atomic E-state index is 10.2. The van der Waals surface area contributed by atoms with Gasteiger partial charge < -0.3 is 15.2 Å². The number of nitrogens with one attached hydrogen (secondary N) is 1. The van der Waals surface area contributed by atoms with Crippen LogP contribution in [0.3, 0.4) is 0 Å². The van der Waals surface area contributed by atoms with Gasteiger partial charge in [0.2, 0.25) is 0 Å². The lowest BCUT2D eigenvalue weighted by Gasteiger charge is -2.26. The number of ether oxygens (including phenoxy) is 1. The Bertz CT molecular complexity index is 503. The van der Waals surface area contributed by atoms with Crippen molar-refractivity contribution in [2.75, 3.05) is 19.6 Å². The molecule has 1 aliphatic heterocycles. The molecule has 1 heterocycles. The highest BCUT2D eigenvalue weighted by Gasteiger charge is 2.20. The Kier molecular flexibility index (Phi) is 9.83. The minimum Gasteiger partial charge on any atom is -0.449 e. The average molecular weight is 341 g/mol. The van der Waals surface area contributed by atoms with Gasteiger partial charge in [-0.25, -0.2) is 4.79 Å². The van der Waals surface area contributed by atoms with Crippen LogP contribution in [0, 0.1) is 5.92 Å². The van der Waals surface area contributed by atoms with Gasteiger partial charge in [0, 0.05) is 16.5 Å².